The molecule has 0 bridgehead atoms. The summed E-state index contributed by atoms with van der Waals surface area (Å²) in [5.41, 5.74) is 12.1. The molecule has 3 aromatic heterocycles. The standard InChI is InChI=1S/C36H24BN3S/c1-3-10-33-23(4-2)27-14-7-12-24(36(27)41-33)22-18-19-31-28(21-22)34-29(15-9-20-38-34)37-39(31)32-17-8-13-26-25-11-5-6-16-30(25)40(37)35(26)32/h3-21H,2H2,1H3/b10-3-. The zero-order valence-corrected chi connectivity index (χ0v) is 23.3. The third-order valence-electron chi connectivity index (χ3n) is 8.70. The van der Waals surface area contributed by atoms with Crippen molar-refractivity contribution in [2.75, 3.05) is 4.81 Å². The molecule has 0 saturated carbocycles. The highest BCUT2D eigenvalue weighted by molar-refractivity contribution is 7.20. The fourth-order valence-electron chi connectivity index (χ4n) is 7.09. The van der Waals surface area contributed by atoms with Crippen LogP contribution in [-0.4, -0.2) is 16.4 Å². The molecule has 0 saturated heterocycles. The molecule has 0 aliphatic carbocycles. The quantitative estimate of drug-likeness (QED) is 0.208. The normalized spacial score (nSPS) is 13.4. The molecule has 3 nitrogen and oxygen atoms in total. The predicted molar refractivity (Wildman–Crippen MR) is 178 cm³/mol. The molecule has 2 aliphatic heterocycles. The molecule has 0 spiro atoms. The second kappa shape index (κ2) is 8.32. The highest BCUT2D eigenvalue weighted by Crippen LogP contribution is 2.50. The number of hydrogen-bond acceptors (Lipinski definition) is 3. The average Bonchev–Trinajstić information content (AvgIpc) is 3.68. The third kappa shape index (κ3) is 2.91. The molecule has 9 rings (SSSR count). The number of thiophene rings is 1. The maximum absolute atomic E-state index is 5.01. The molecule has 192 valence electrons. The molecule has 0 unspecified atom stereocenters. The van der Waals surface area contributed by atoms with Crippen LogP contribution < -0.4 is 10.3 Å². The van der Waals surface area contributed by atoms with E-state index in [1.807, 2.05) is 23.6 Å². The Morgan fingerprint density at radius 1 is 0.829 bits per heavy atom. The van der Waals surface area contributed by atoms with Crippen molar-refractivity contribution < 1.29 is 0 Å². The second-order valence-electron chi connectivity index (χ2n) is 10.7. The Labute approximate surface area is 242 Å². The first-order valence-corrected chi connectivity index (χ1v) is 14.8. The maximum atomic E-state index is 5.01. The molecule has 0 N–H and O–H groups in total. The Bertz CT molecular complexity index is 2270. The molecular formula is C36H24BN3S. The van der Waals surface area contributed by atoms with Crippen molar-refractivity contribution in [3.8, 4) is 22.4 Å². The highest BCUT2D eigenvalue weighted by Gasteiger charge is 2.45. The summed E-state index contributed by atoms with van der Waals surface area (Å²) in [6.45, 7) is 6.21. The van der Waals surface area contributed by atoms with E-state index in [9.17, 15) is 0 Å². The van der Waals surface area contributed by atoms with Crippen molar-refractivity contribution >= 4 is 79.2 Å². The van der Waals surface area contributed by atoms with Crippen molar-refractivity contribution in [2.45, 2.75) is 6.92 Å². The van der Waals surface area contributed by atoms with Crippen LogP contribution in [0.3, 0.4) is 0 Å². The predicted octanol–water partition coefficient (Wildman–Crippen LogP) is 9.12. The van der Waals surface area contributed by atoms with Crippen molar-refractivity contribution in [2.24, 2.45) is 0 Å². The lowest BCUT2D eigenvalue weighted by atomic mass is 9.61. The van der Waals surface area contributed by atoms with Gasteiger partial charge in [0.1, 0.15) is 0 Å². The minimum Gasteiger partial charge on any atom is -0.359 e. The molecule has 2 aliphatic rings. The van der Waals surface area contributed by atoms with Gasteiger partial charge in [-0.15, -0.1) is 11.3 Å². The summed E-state index contributed by atoms with van der Waals surface area (Å²) < 4.78 is 3.81. The van der Waals surface area contributed by atoms with Crippen LogP contribution >= 0.6 is 11.3 Å². The molecule has 7 aromatic rings. The van der Waals surface area contributed by atoms with Crippen LogP contribution in [0.2, 0.25) is 0 Å². The molecule has 5 heteroatoms. The number of pyridine rings is 1. The van der Waals surface area contributed by atoms with Crippen molar-refractivity contribution in [3.05, 3.63) is 120 Å². The zero-order valence-electron chi connectivity index (χ0n) is 22.5. The maximum Gasteiger partial charge on any atom is 0.423 e. The summed E-state index contributed by atoms with van der Waals surface area (Å²) in [6.07, 6.45) is 8.20. The summed E-state index contributed by atoms with van der Waals surface area (Å²) in [6, 6.07) is 33.4. The summed E-state index contributed by atoms with van der Waals surface area (Å²) in [4.78, 5) is 8.77. The van der Waals surface area contributed by atoms with Crippen molar-refractivity contribution in [3.63, 3.8) is 0 Å². The number of allylic oxidation sites excluding steroid dienone is 1. The van der Waals surface area contributed by atoms with Gasteiger partial charge in [-0.3, -0.25) is 4.98 Å². The molecule has 4 aromatic carbocycles. The lowest BCUT2D eigenvalue weighted by molar-refractivity contribution is 1.26. The minimum absolute atomic E-state index is 0.0242. The van der Waals surface area contributed by atoms with Gasteiger partial charge in [-0.1, -0.05) is 79.4 Å². The minimum atomic E-state index is 0.0242. The third-order valence-corrected chi connectivity index (χ3v) is 9.92. The van der Waals surface area contributed by atoms with Crippen molar-refractivity contribution in [1.82, 2.24) is 9.46 Å². The number of aromatic nitrogens is 2. The van der Waals surface area contributed by atoms with E-state index >= 15 is 0 Å². The van der Waals surface area contributed by atoms with Crippen LogP contribution in [0, 0.1) is 0 Å². The molecule has 0 atom stereocenters. The van der Waals surface area contributed by atoms with Gasteiger partial charge < -0.3 is 9.29 Å². The number of benzene rings is 4. The van der Waals surface area contributed by atoms with Gasteiger partial charge in [0.15, 0.2) is 0 Å². The van der Waals surface area contributed by atoms with Crippen LogP contribution in [0.25, 0.3) is 66.4 Å². The lowest BCUT2D eigenvalue weighted by Gasteiger charge is -2.34. The fraction of sp³-hybridized carbons (Fsp3) is 0.0278. The van der Waals surface area contributed by atoms with Gasteiger partial charge in [0.05, 0.1) is 16.9 Å². The molecule has 0 amide bonds. The topological polar surface area (TPSA) is 21.1 Å². The van der Waals surface area contributed by atoms with Crippen LogP contribution in [-0.2, 0) is 0 Å². The smallest absolute Gasteiger partial charge is 0.359 e. The molecule has 0 radical (unpaired) electrons. The van der Waals surface area contributed by atoms with E-state index in [0.717, 1.165) is 5.69 Å². The number of para-hydroxylation sites is 2. The van der Waals surface area contributed by atoms with Crippen LogP contribution in [0.4, 0.5) is 11.4 Å². The number of rotatable bonds is 3. The zero-order chi connectivity index (χ0) is 27.2. The van der Waals surface area contributed by atoms with E-state index in [-0.39, 0.29) is 6.98 Å². The van der Waals surface area contributed by atoms with Crippen LogP contribution in [0.1, 0.15) is 17.4 Å². The number of nitrogens with zero attached hydrogens (tertiary/aromatic N) is 3. The molecule has 41 heavy (non-hydrogen) atoms. The first kappa shape index (κ1) is 22.9. The van der Waals surface area contributed by atoms with Gasteiger partial charge in [0.2, 0.25) is 0 Å². The summed E-state index contributed by atoms with van der Waals surface area (Å²) >= 11 is 1.84. The molecule has 0 fully saturated rings. The SMILES string of the molecule is C=Cc1c(/C=C\C)sc2c(-c3ccc4c(c3)-c3ncccc3B3N4c4cccc5c6ccccc6n3c45)cccc12. The van der Waals surface area contributed by atoms with E-state index in [4.69, 9.17) is 4.98 Å². The first-order chi connectivity index (χ1) is 20.3. The van der Waals surface area contributed by atoms with Gasteiger partial charge in [0, 0.05) is 48.7 Å². The van der Waals surface area contributed by atoms with E-state index in [0.29, 0.717) is 0 Å². The monoisotopic (exact) mass is 541 g/mol. The van der Waals surface area contributed by atoms with Gasteiger partial charge in [-0.25, -0.2) is 0 Å². The highest BCUT2D eigenvalue weighted by atomic mass is 32.1. The van der Waals surface area contributed by atoms with Crippen LogP contribution in [0.15, 0.2) is 110 Å². The number of hydrogen-bond donors (Lipinski definition) is 0. The van der Waals surface area contributed by atoms with Gasteiger partial charge >= 0.3 is 6.98 Å². The van der Waals surface area contributed by atoms with Gasteiger partial charge in [-0.2, -0.15) is 0 Å². The van der Waals surface area contributed by atoms with Gasteiger partial charge in [0.25, 0.3) is 0 Å². The molecule has 5 heterocycles. The Morgan fingerprint density at radius 3 is 2.59 bits per heavy atom. The average molecular weight is 541 g/mol. The van der Waals surface area contributed by atoms with Crippen molar-refractivity contribution in [1.29, 1.82) is 0 Å². The van der Waals surface area contributed by atoms with Gasteiger partial charge in [-0.05, 0) is 65.5 Å². The second-order valence-corrected chi connectivity index (χ2v) is 11.8. The fourth-order valence-corrected chi connectivity index (χ4v) is 8.40. The van der Waals surface area contributed by atoms with Crippen LogP contribution in [0.5, 0.6) is 0 Å². The van der Waals surface area contributed by atoms with E-state index < -0.39 is 0 Å². The molecular weight excluding hydrogens is 517 g/mol. The van der Waals surface area contributed by atoms with E-state index in [2.05, 4.69) is 126 Å². The Kier molecular flexibility index (Phi) is 4.65. The number of fused-ring (bicyclic) bond motifs is 12. The van der Waals surface area contributed by atoms with E-state index in [1.54, 1.807) is 0 Å². The summed E-state index contributed by atoms with van der Waals surface area (Å²) in [7, 11) is 0. The Morgan fingerprint density at radius 2 is 1.68 bits per heavy atom. The first-order valence-electron chi connectivity index (χ1n) is 14.0. The Balaban J connectivity index is 1.31. The Hall–Kier alpha value is -4.87. The summed E-state index contributed by atoms with van der Waals surface area (Å²) in [5, 5.41) is 3.86. The number of anilines is 2. The largest absolute Gasteiger partial charge is 0.423 e. The van der Waals surface area contributed by atoms with E-state index in [1.165, 1.54) is 75.9 Å². The lowest BCUT2D eigenvalue weighted by Crippen LogP contribution is -2.51. The summed E-state index contributed by atoms with van der Waals surface area (Å²) in [5.74, 6) is 0.